The van der Waals surface area contributed by atoms with Crippen LogP contribution in [0.1, 0.15) is 9.67 Å². The molecule has 0 unspecified atom stereocenters. The molecule has 0 spiro atoms. The third-order valence-electron chi connectivity index (χ3n) is 2.33. The molecule has 17 heavy (non-hydrogen) atoms. The fraction of sp³-hybridized carbons (Fsp3) is 0.0833. The smallest absolute Gasteiger partial charge is 0.346 e. The average molecular weight is 252 g/mol. The third-order valence-corrected chi connectivity index (χ3v) is 3.23. The van der Waals surface area contributed by atoms with E-state index in [1.54, 1.807) is 17.5 Å². The van der Waals surface area contributed by atoms with Crippen LogP contribution in [0.2, 0.25) is 0 Å². The van der Waals surface area contributed by atoms with Gasteiger partial charge in [-0.1, -0.05) is 0 Å². The lowest BCUT2D eigenvalue weighted by Crippen LogP contribution is -1.96. The number of rotatable bonds is 3. The summed E-state index contributed by atoms with van der Waals surface area (Å²) in [6, 6.07) is 5.95. The van der Waals surface area contributed by atoms with E-state index in [2.05, 4.69) is 0 Å². The standard InChI is InChI=1S/C12H9FO3S/c1-16-7-2-3-8(10(13)6-7)9-4-5-17-11(9)12(14)15/h2-6H,1H3,(H,14,15). The molecule has 0 bridgehead atoms. The molecule has 0 radical (unpaired) electrons. The number of aromatic carboxylic acids is 1. The predicted octanol–water partition coefficient (Wildman–Crippen LogP) is 3.26. The van der Waals surface area contributed by atoms with Crippen LogP contribution in [0, 0.1) is 5.82 Å². The zero-order chi connectivity index (χ0) is 12.4. The summed E-state index contributed by atoms with van der Waals surface area (Å²) < 4.78 is 18.7. The van der Waals surface area contributed by atoms with Gasteiger partial charge in [-0.05, 0) is 23.6 Å². The van der Waals surface area contributed by atoms with Crippen molar-refractivity contribution < 1.29 is 19.0 Å². The Morgan fingerprint density at radius 2 is 2.12 bits per heavy atom. The van der Waals surface area contributed by atoms with Gasteiger partial charge in [-0.2, -0.15) is 0 Å². The van der Waals surface area contributed by atoms with E-state index >= 15 is 0 Å². The summed E-state index contributed by atoms with van der Waals surface area (Å²) >= 11 is 1.07. The van der Waals surface area contributed by atoms with E-state index in [4.69, 9.17) is 9.84 Å². The quantitative estimate of drug-likeness (QED) is 0.912. The van der Waals surface area contributed by atoms with Crippen LogP contribution < -0.4 is 4.74 Å². The molecule has 0 aliphatic heterocycles. The first-order valence-corrected chi connectivity index (χ1v) is 5.66. The lowest BCUT2D eigenvalue weighted by Gasteiger charge is -2.05. The van der Waals surface area contributed by atoms with Crippen molar-refractivity contribution in [3.8, 4) is 16.9 Å². The van der Waals surface area contributed by atoms with Gasteiger partial charge in [0.05, 0.1) is 7.11 Å². The Morgan fingerprint density at radius 3 is 2.71 bits per heavy atom. The molecule has 0 aliphatic carbocycles. The molecule has 0 fully saturated rings. The Hall–Kier alpha value is -1.88. The van der Waals surface area contributed by atoms with Crippen molar-refractivity contribution in [2.24, 2.45) is 0 Å². The van der Waals surface area contributed by atoms with E-state index in [0.29, 0.717) is 11.3 Å². The van der Waals surface area contributed by atoms with Crippen LogP contribution >= 0.6 is 11.3 Å². The first-order valence-electron chi connectivity index (χ1n) is 4.78. The maximum absolute atomic E-state index is 13.8. The molecule has 3 nitrogen and oxygen atoms in total. The highest BCUT2D eigenvalue weighted by atomic mass is 32.1. The number of hydrogen-bond acceptors (Lipinski definition) is 3. The summed E-state index contributed by atoms with van der Waals surface area (Å²) in [4.78, 5) is 11.1. The van der Waals surface area contributed by atoms with Gasteiger partial charge in [-0.25, -0.2) is 9.18 Å². The van der Waals surface area contributed by atoms with Crippen LogP contribution in [-0.4, -0.2) is 18.2 Å². The largest absolute Gasteiger partial charge is 0.497 e. The minimum absolute atomic E-state index is 0.133. The van der Waals surface area contributed by atoms with Crippen LogP contribution in [0.25, 0.3) is 11.1 Å². The number of carboxylic acids is 1. The number of benzene rings is 1. The normalized spacial score (nSPS) is 10.2. The Bertz CT molecular complexity index is 563. The fourth-order valence-corrected chi connectivity index (χ4v) is 2.27. The molecule has 0 saturated carbocycles. The zero-order valence-electron chi connectivity index (χ0n) is 8.94. The van der Waals surface area contributed by atoms with Gasteiger partial charge in [0.1, 0.15) is 16.4 Å². The van der Waals surface area contributed by atoms with E-state index in [-0.39, 0.29) is 10.4 Å². The monoisotopic (exact) mass is 252 g/mol. The van der Waals surface area contributed by atoms with E-state index < -0.39 is 11.8 Å². The summed E-state index contributed by atoms with van der Waals surface area (Å²) in [6.07, 6.45) is 0. The lowest BCUT2D eigenvalue weighted by molar-refractivity contribution is 0.0703. The van der Waals surface area contributed by atoms with Gasteiger partial charge in [0.15, 0.2) is 0 Å². The van der Waals surface area contributed by atoms with Crippen molar-refractivity contribution in [1.82, 2.24) is 0 Å². The van der Waals surface area contributed by atoms with Gasteiger partial charge in [-0.3, -0.25) is 0 Å². The number of hydrogen-bond donors (Lipinski definition) is 1. The van der Waals surface area contributed by atoms with Gasteiger partial charge >= 0.3 is 5.97 Å². The first-order chi connectivity index (χ1) is 8.13. The van der Waals surface area contributed by atoms with Crippen LogP contribution in [0.5, 0.6) is 5.75 Å². The molecule has 1 aromatic carbocycles. The lowest BCUT2D eigenvalue weighted by atomic mass is 10.1. The van der Waals surface area contributed by atoms with Gasteiger partial charge in [0, 0.05) is 17.2 Å². The van der Waals surface area contributed by atoms with E-state index in [1.165, 1.54) is 19.2 Å². The highest BCUT2D eigenvalue weighted by molar-refractivity contribution is 7.12. The highest BCUT2D eigenvalue weighted by Crippen LogP contribution is 2.31. The summed E-state index contributed by atoms with van der Waals surface area (Å²) in [6.45, 7) is 0. The topological polar surface area (TPSA) is 46.5 Å². The first kappa shape index (κ1) is 11.6. The number of methoxy groups -OCH3 is 1. The van der Waals surface area contributed by atoms with E-state index in [9.17, 15) is 9.18 Å². The van der Waals surface area contributed by atoms with Crippen LogP contribution in [0.15, 0.2) is 29.6 Å². The summed E-state index contributed by atoms with van der Waals surface area (Å²) in [5.74, 6) is -1.14. The minimum Gasteiger partial charge on any atom is -0.497 e. The van der Waals surface area contributed by atoms with Crippen molar-refractivity contribution in [3.05, 3.63) is 40.3 Å². The molecule has 5 heteroatoms. The van der Waals surface area contributed by atoms with Crippen LogP contribution in [0.3, 0.4) is 0 Å². The Kier molecular flexibility index (Phi) is 3.10. The van der Waals surface area contributed by atoms with Crippen molar-refractivity contribution in [1.29, 1.82) is 0 Å². The number of carboxylic acid groups (broad SMARTS) is 1. The Labute approximate surface area is 101 Å². The second-order valence-corrected chi connectivity index (χ2v) is 4.23. The second-order valence-electron chi connectivity index (χ2n) is 3.31. The molecule has 0 aliphatic rings. The number of carbonyl (C=O) groups is 1. The summed E-state index contributed by atoms with van der Waals surface area (Å²) in [5.41, 5.74) is 0.659. The maximum atomic E-state index is 13.8. The summed E-state index contributed by atoms with van der Waals surface area (Å²) in [5, 5.41) is 10.6. The highest BCUT2D eigenvalue weighted by Gasteiger charge is 2.16. The summed E-state index contributed by atoms with van der Waals surface area (Å²) in [7, 11) is 1.45. The van der Waals surface area contributed by atoms with Crippen molar-refractivity contribution in [2.75, 3.05) is 7.11 Å². The third kappa shape index (κ3) is 2.14. The average Bonchev–Trinajstić information content (AvgIpc) is 2.77. The maximum Gasteiger partial charge on any atom is 0.346 e. The van der Waals surface area contributed by atoms with Gasteiger partial charge in [-0.15, -0.1) is 11.3 Å². The number of thiophene rings is 1. The number of ether oxygens (including phenoxy) is 1. The van der Waals surface area contributed by atoms with Crippen molar-refractivity contribution >= 4 is 17.3 Å². The molecule has 88 valence electrons. The molecule has 2 aromatic rings. The molecule has 0 amide bonds. The van der Waals surface area contributed by atoms with Crippen LogP contribution in [0.4, 0.5) is 4.39 Å². The second kappa shape index (κ2) is 4.55. The molecule has 1 N–H and O–H groups in total. The molecule has 1 aromatic heterocycles. The van der Waals surface area contributed by atoms with Crippen LogP contribution in [-0.2, 0) is 0 Å². The van der Waals surface area contributed by atoms with Gasteiger partial charge < -0.3 is 9.84 Å². The predicted molar refractivity (Wildman–Crippen MR) is 63.2 cm³/mol. The minimum atomic E-state index is -1.05. The fourth-order valence-electron chi connectivity index (χ4n) is 1.53. The number of halogens is 1. The Morgan fingerprint density at radius 1 is 1.35 bits per heavy atom. The molecular weight excluding hydrogens is 243 g/mol. The molecule has 0 saturated heterocycles. The SMILES string of the molecule is COc1ccc(-c2ccsc2C(=O)O)c(F)c1. The van der Waals surface area contributed by atoms with E-state index in [1.807, 2.05) is 0 Å². The molecule has 1 heterocycles. The molecular formula is C12H9FO3S. The van der Waals surface area contributed by atoms with Crippen molar-refractivity contribution in [2.45, 2.75) is 0 Å². The molecule has 0 atom stereocenters. The van der Waals surface area contributed by atoms with Crippen molar-refractivity contribution in [3.63, 3.8) is 0 Å². The van der Waals surface area contributed by atoms with E-state index in [0.717, 1.165) is 11.3 Å². The van der Waals surface area contributed by atoms with Gasteiger partial charge in [0.25, 0.3) is 0 Å². The Balaban J connectivity index is 2.53. The molecule has 2 rings (SSSR count). The zero-order valence-corrected chi connectivity index (χ0v) is 9.75. The van der Waals surface area contributed by atoms with Gasteiger partial charge in [0.2, 0.25) is 0 Å².